The highest BCUT2D eigenvalue weighted by molar-refractivity contribution is 6.09. The topological polar surface area (TPSA) is 29.1 Å². The molecule has 2 radical (unpaired) electrons. The van der Waals surface area contributed by atoms with Crippen LogP contribution in [0.1, 0.15) is 13.3 Å². The average Bonchev–Trinajstić information content (AvgIpc) is 1.68. The fourth-order valence-electron chi connectivity index (χ4n) is 0.417. The third-order valence-corrected chi connectivity index (χ3v) is 0.745. The molecule has 8 heavy (non-hydrogen) atoms. The van der Waals surface area contributed by atoms with E-state index in [2.05, 4.69) is 5.32 Å². The first-order valence-corrected chi connectivity index (χ1v) is 2.78. The summed E-state index contributed by atoms with van der Waals surface area (Å²) in [6.07, 6.45) is 0.875. The van der Waals surface area contributed by atoms with E-state index in [4.69, 9.17) is 7.85 Å². The van der Waals surface area contributed by atoms with Crippen molar-refractivity contribution < 1.29 is 4.79 Å². The summed E-state index contributed by atoms with van der Waals surface area (Å²) in [6.45, 7) is 2.58. The van der Waals surface area contributed by atoms with Crippen LogP contribution in [0.2, 0.25) is 6.32 Å². The van der Waals surface area contributed by atoms with Crippen LogP contribution < -0.4 is 5.32 Å². The number of amides is 1. The van der Waals surface area contributed by atoms with Gasteiger partial charge in [-0.3, -0.25) is 4.79 Å². The lowest BCUT2D eigenvalue weighted by molar-refractivity contribution is -0.120. The molecule has 0 aliphatic heterocycles. The molecule has 0 fully saturated rings. The highest BCUT2D eigenvalue weighted by Gasteiger charge is 1.92. The maximum Gasteiger partial charge on any atom is 0.219 e. The smallest absolute Gasteiger partial charge is 0.219 e. The van der Waals surface area contributed by atoms with E-state index >= 15 is 0 Å². The molecule has 3 heteroatoms. The third kappa shape index (κ3) is 3.72. The highest BCUT2D eigenvalue weighted by atomic mass is 16.1. The first-order chi connectivity index (χ1) is 3.81. The lowest BCUT2D eigenvalue weighted by Gasteiger charge is -1.96. The van der Waals surface area contributed by atoms with Gasteiger partial charge in [-0.15, -0.1) is 0 Å². The molecule has 1 N–H and O–H groups in total. The molecule has 2 nitrogen and oxygen atoms in total. The fourth-order valence-corrected chi connectivity index (χ4v) is 0.417. The SMILES string of the molecule is [B]CCC(=O)NCC. The van der Waals surface area contributed by atoms with Crippen molar-refractivity contribution in [3.8, 4) is 0 Å². The molecular formula is C5H10BNO. The molecule has 44 valence electrons. The number of carbonyl (C=O) groups is 1. The molecule has 0 saturated carbocycles. The zero-order valence-corrected chi connectivity index (χ0v) is 5.11. The van der Waals surface area contributed by atoms with Crippen LogP contribution in [0.15, 0.2) is 0 Å². The van der Waals surface area contributed by atoms with E-state index in [-0.39, 0.29) is 5.91 Å². The van der Waals surface area contributed by atoms with E-state index in [1.165, 1.54) is 0 Å². The molecule has 0 heterocycles. The van der Waals surface area contributed by atoms with E-state index in [1.54, 1.807) is 0 Å². The molecule has 0 bridgehead atoms. The van der Waals surface area contributed by atoms with Crippen molar-refractivity contribution in [1.82, 2.24) is 5.32 Å². The van der Waals surface area contributed by atoms with Gasteiger partial charge in [0.05, 0.1) is 7.85 Å². The van der Waals surface area contributed by atoms with E-state index in [0.29, 0.717) is 19.3 Å². The second-order valence-corrected chi connectivity index (χ2v) is 1.49. The predicted octanol–water partition coefficient (Wildman–Crippen LogP) is 0.0994. The second-order valence-electron chi connectivity index (χ2n) is 1.49. The molecule has 1 amide bonds. The van der Waals surface area contributed by atoms with Crippen LogP contribution in [-0.4, -0.2) is 20.3 Å². The first-order valence-electron chi connectivity index (χ1n) is 2.78. The Kier molecular flexibility index (Phi) is 4.42. The van der Waals surface area contributed by atoms with Crippen molar-refractivity contribution in [2.24, 2.45) is 0 Å². The quantitative estimate of drug-likeness (QED) is 0.514. The van der Waals surface area contributed by atoms with Crippen LogP contribution in [0.5, 0.6) is 0 Å². The fraction of sp³-hybridized carbons (Fsp3) is 0.800. The molecular weight excluding hydrogens is 101 g/mol. The Morgan fingerprint density at radius 1 is 1.75 bits per heavy atom. The largest absolute Gasteiger partial charge is 0.356 e. The van der Waals surface area contributed by atoms with E-state index in [9.17, 15) is 4.79 Å². The van der Waals surface area contributed by atoms with Gasteiger partial charge in [-0.1, -0.05) is 6.32 Å². The van der Waals surface area contributed by atoms with Gasteiger partial charge in [0.1, 0.15) is 0 Å². The Morgan fingerprint density at radius 2 is 2.38 bits per heavy atom. The van der Waals surface area contributed by atoms with Gasteiger partial charge in [0, 0.05) is 13.0 Å². The number of hydrogen-bond acceptors (Lipinski definition) is 1. The normalized spacial score (nSPS) is 8.62. The average molecular weight is 111 g/mol. The van der Waals surface area contributed by atoms with Gasteiger partial charge in [-0.2, -0.15) is 0 Å². The molecule has 0 aromatic heterocycles. The van der Waals surface area contributed by atoms with Gasteiger partial charge in [-0.05, 0) is 6.92 Å². The zero-order valence-electron chi connectivity index (χ0n) is 5.11. The summed E-state index contributed by atoms with van der Waals surface area (Å²) >= 11 is 0. The molecule has 0 aliphatic rings. The summed E-state index contributed by atoms with van der Waals surface area (Å²) in [6, 6.07) is 0. The molecule has 0 unspecified atom stereocenters. The second kappa shape index (κ2) is 4.69. The Balaban J connectivity index is 3.06. The van der Waals surface area contributed by atoms with Crippen molar-refractivity contribution in [2.75, 3.05) is 6.54 Å². The Labute approximate surface area is 51.1 Å². The zero-order chi connectivity index (χ0) is 6.41. The Morgan fingerprint density at radius 3 is 2.75 bits per heavy atom. The summed E-state index contributed by atoms with van der Waals surface area (Å²) in [5.41, 5.74) is 0. The minimum atomic E-state index is 0.0370. The summed E-state index contributed by atoms with van der Waals surface area (Å²) in [7, 11) is 5.10. The molecule has 0 aromatic carbocycles. The monoisotopic (exact) mass is 111 g/mol. The van der Waals surface area contributed by atoms with Crippen LogP contribution in [0.3, 0.4) is 0 Å². The van der Waals surface area contributed by atoms with Crippen LogP contribution in [0, 0.1) is 0 Å². The van der Waals surface area contributed by atoms with Gasteiger partial charge in [-0.25, -0.2) is 0 Å². The third-order valence-electron chi connectivity index (χ3n) is 0.745. The molecule has 0 saturated heterocycles. The predicted molar refractivity (Wildman–Crippen MR) is 33.9 cm³/mol. The van der Waals surface area contributed by atoms with Gasteiger partial charge in [0.15, 0.2) is 0 Å². The maximum atomic E-state index is 10.5. The van der Waals surface area contributed by atoms with Crippen LogP contribution in [0.25, 0.3) is 0 Å². The van der Waals surface area contributed by atoms with Crippen molar-refractivity contribution in [2.45, 2.75) is 19.7 Å². The molecule has 0 spiro atoms. The summed E-state index contributed by atoms with van der Waals surface area (Å²) in [5, 5.41) is 2.63. The number of carbonyl (C=O) groups excluding carboxylic acids is 1. The number of nitrogens with one attached hydrogen (secondary N) is 1. The lowest BCUT2D eigenvalue weighted by atomic mass is 10.0. The molecule has 0 aromatic rings. The van der Waals surface area contributed by atoms with Crippen molar-refractivity contribution >= 4 is 13.8 Å². The highest BCUT2D eigenvalue weighted by Crippen LogP contribution is 1.81. The van der Waals surface area contributed by atoms with E-state index in [0.717, 1.165) is 0 Å². The molecule has 0 aliphatic carbocycles. The van der Waals surface area contributed by atoms with Gasteiger partial charge in [0.25, 0.3) is 0 Å². The van der Waals surface area contributed by atoms with Crippen molar-refractivity contribution in [3.63, 3.8) is 0 Å². The van der Waals surface area contributed by atoms with Crippen LogP contribution in [-0.2, 0) is 4.79 Å². The minimum absolute atomic E-state index is 0.0370. The van der Waals surface area contributed by atoms with Crippen LogP contribution >= 0.6 is 0 Å². The van der Waals surface area contributed by atoms with Gasteiger partial charge < -0.3 is 5.32 Å². The van der Waals surface area contributed by atoms with Gasteiger partial charge in [0.2, 0.25) is 5.91 Å². The summed E-state index contributed by atoms with van der Waals surface area (Å²) in [5.74, 6) is 0.0370. The van der Waals surface area contributed by atoms with Crippen molar-refractivity contribution in [1.29, 1.82) is 0 Å². The van der Waals surface area contributed by atoms with E-state index in [1.807, 2.05) is 6.92 Å². The first kappa shape index (κ1) is 7.53. The minimum Gasteiger partial charge on any atom is -0.356 e. The van der Waals surface area contributed by atoms with E-state index < -0.39 is 0 Å². The van der Waals surface area contributed by atoms with Crippen molar-refractivity contribution in [3.05, 3.63) is 0 Å². The standard InChI is InChI=1S/C5H10BNO/c1-2-7-5(8)3-4-6/h2-4H2,1H3,(H,7,8). The number of rotatable bonds is 3. The summed E-state index contributed by atoms with van der Waals surface area (Å²) < 4.78 is 0. The maximum absolute atomic E-state index is 10.5. The van der Waals surface area contributed by atoms with Gasteiger partial charge >= 0.3 is 0 Å². The Bertz CT molecular complexity index is 66.8. The molecule has 0 atom stereocenters. The number of hydrogen-bond donors (Lipinski definition) is 1. The Hall–Kier alpha value is -0.465. The summed E-state index contributed by atoms with van der Waals surface area (Å²) in [4.78, 5) is 10.5. The lowest BCUT2D eigenvalue weighted by Crippen LogP contribution is -2.21. The van der Waals surface area contributed by atoms with Crippen LogP contribution in [0.4, 0.5) is 0 Å². The molecule has 0 rings (SSSR count).